The molecule has 26 heavy (non-hydrogen) atoms. The van der Waals surface area contributed by atoms with Crippen LogP contribution in [0.5, 0.6) is 5.75 Å². The molecule has 1 N–H and O–H groups in total. The average Bonchev–Trinajstić information content (AvgIpc) is 2.56. The first-order chi connectivity index (χ1) is 12.2. The molecule has 0 aromatic heterocycles. The maximum absolute atomic E-state index is 12.8. The van der Waals surface area contributed by atoms with E-state index < -0.39 is 10.0 Å². The van der Waals surface area contributed by atoms with Crippen molar-refractivity contribution in [3.05, 3.63) is 46.5 Å². The van der Waals surface area contributed by atoms with E-state index in [1.54, 1.807) is 6.07 Å². The molecule has 1 heterocycles. The summed E-state index contributed by atoms with van der Waals surface area (Å²) in [4.78, 5) is 13.2. The number of hydrogen-bond acceptors (Lipinski definition) is 4. The lowest BCUT2D eigenvalue weighted by molar-refractivity contribution is -0.116. The van der Waals surface area contributed by atoms with Gasteiger partial charge >= 0.3 is 0 Å². The van der Waals surface area contributed by atoms with Gasteiger partial charge in [0.2, 0.25) is 5.91 Å². The molecular formula is C18H19ClN2O4S. The quantitative estimate of drug-likeness (QED) is 0.864. The summed E-state index contributed by atoms with van der Waals surface area (Å²) in [6.07, 6.45) is 0. The van der Waals surface area contributed by atoms with Crippen LogP contribution in [0.2, 0.25) is 5.02 Å². The van der Waals surface area contributed by atoms with Gasteiger partial charge in [0.05, 0.1) is 22.9 Å². The van der Waals surface area contributed by atoms with Crippen LogP contribution in [-0.4, -0.2) is 27.5 Å². The SMILES string of the molecule is CC(=O)N1CCOc2cc(S(=O)(=O)Nc3ccc(C)cc3C)c(Cl)cc21. The summed E-state index contributed by atoms with van der Waals surface area (Å²) in [6.45, 7) is 5.88. The minimum atomic E-state index is -3.92. The Morgan fingerprint density at radius 1 is 1.23 bits per heavy atom. The third-order valence-electron chi connectivity index (χ3n) is 4.17. The van der Waals surface area contributed by atoms with Gasteiger partial charge in [-0.2, -0.15) is 0 Å². The van der Waals surface area contributed by atoms with Crippen molar-refractivity contribution in [1.82, 2.24) is 0 Å². The van der Waals surface area contributed by atoms with Crippen molar-refractivity contribution in [2.75, 3.05) is 22.8 Å². The van der Waals surface area contributed by atoms with E-state index in [0.717, 1.165) is 11.1 Å². The van der Waals surface area contributed by atoms with Crippen molar-refractivity contribution in [2.45, 2.75) is 25.7 Å². The highest BCUT2D eigenvalue weighted by molar-refractivity contribution is 7.92. The van der Waals surface area contributed by atoms with Gasteiger partial charge in [-0.15, -0.1) is 0 Å². The first-order valence-electron chi connectivity index (χ1n) is 8.03. The van der Waals surface area contributed by atoms with Crippen LogP contribution in [0.3, 0.4) is 0 Å². The van der Waals surface area contributed by atoms with Crippen LogP contribution in [0, 0.1) is 13.8 Å². The van der Waals surface area contributed by atoms with E-state index in [0.29, 0.717) is 23.7 Å². The van der Waals surface area contributed by atoms with Crippen LogP contribution in [0.4, 0.5) is 11.4 Å². The summed E-state index contributed by atoms with van der Waals surface area (Å²) in [7, 11) is -3.92. The molecule has 8 heteroatoms. The fraction of sp³-hybridized carbons (Fsp3) is 0.278. The van der Waals surface area contributed by atoms with E-state index >= 15 is 0 Å². The maximum Gasteiger partial charge on any atom is 0.263 e. The molecule has 1 amide bonds. The maximum atomic E-state index is 12.8. The van der Waals surface area contributed by atoms with Gasteiger partial charge in [-0.25, -0.2) is 8.42 Å². The van der Waals surface area contributed by atoms with Crippen LogP contribution in [0.1, 0.15) is 18.1 Å². The number of nitrogens with zero attached hydrogens (tertiary/aromatic N) is 1. The summed E-state index contributed by atoms with van der Waals surface area (Å²) >= 11 is 6.23. The Balaban J connectivity index is 2.02. The molecule has 0 spiro atoms. The number of anilines is 2. The fourth-order valence-electron chi connectivity index (χ4n) is 2.88. The highest BCUT2D eigenvalue weighted by atomic mass is 35.5. The third-order valence-corrected chi connectivity index (χ3v) is 6.00. The summed E-state index contributed by atoms with van der Waals surface area (Å²) in [5, 5.41) is 0.0257. The number of carbonyl (C=O) groups excluding carboxylic acids is 1. The smallest absolute Gasteiger partial charge is 0.263 e. The van der Waals surface area contributed by atoms with Crippen molar-refractivity contribution in [3.63, 3.8) is 0 Å². The molecule has 0 unspecified atom stereocenters. The molecule has 2 aromatic rings. The second-order valence-corrected chi connectivity index (χ2v) is 8.25. The van der Waals surface area contributed by atoms with Gasteiger partial charge in [0.1, 0.15) is 17.3 Å². The minimum Gasteiger partial charge on any atom is -0.489 e. The molecule has 0 saturated carbocycles. The van der Waals surface area contributed by atoms with E-state index in [9.17, 15) is 13.2 Å². The number of aryl methyl sites for hydroxylation is 2. The summed E-state index contributed by atoms with van der Waals surface area (Å²) in [5.41, 5.74) is 2.80. The van der Waals surface area contributed by atoms with Gasteiger partial charge in [0.15, 0.2) is 0 Å². The Bertz CT molecular complexity index is 989. The van der Waals surface area contributed by atoms with Crippen LogP contribution >= 0.6 is 11.6 Å². The molecule has 0 fully saturated rings. The average molecular weight is 395 g/mol. The third kappa shape index (κ3) is 3.50. The molecule has 0 radical (unpaired) electrons. The summed E-state index contributed by atoms with van der Waals surface area (Å²) in [6, 6.07) is 8.24. The number of fused-ring (bicyclic) bond motifs is 1. The van der Waals surface area contributed by atoms with Crippen LogP contribution < -0.4 is 14.4 Å². The lowest BCUT2D eigenvalue weighted by Gasteiger charge is -2.29. The normalized spacial score (nSPS) is 13.8. The van der Waals surface area contributed by atoms with Crippen molar-refractivity contribution in [1.29, 1.82) is 0 Å². The lowest BCUT2D eigenvalue weighted by Crippen LogP contribution is -2.36. The molecule has 3 rings (SSSR count). The minimum absolute atomic E-state index is 0.0257. The fourth-order valence-corrected chi connectivity index (χ4v) is 4.55. The van der Waals surface area contributed by atoms with Gasteiger partial charge in [-0.3, -0.25) is 9.52 Å². The molecule has 0 atom stereocenters. The Morgan fingerprint density at radius 3 is 2.62 bits per heavy atom. The van der Waals surface area contributed by atoms with E-state index in [1.165, 1.54) is 24.0 Å². The number of halogens is 1. The van der Waals surface area contributed by atoms with Crippen LogP contribution in [-0.2, 0) is 14.8 Å². The number of hydrogen-bond donors (Lipinski definition) is 1. The zero-order valence-corrected chi connectivity index (χ0v) is 16.2. The van der Waals surface area contributed by atoms with Crippen molar-refractivity contribution in [2.24, 2.45) is 0 Å². The molecule has 0 aliphatic carbocycles. The zero-order chi connectivity index (χ0) is 19.1. The standard InChI is InChI=1S/C18H19ClN2O4S/c1-11-4-5-15(12(2)8-11)20-26(23,24)18-10-17-16(9-14(18)19)21(13(3)22)6-7-25-17/h4-5,8-10,20H,6-7H2,1-3H3. The first kappa shape index (κ1) is 18.5. The Morgan fingerprint density at radius 2 is 1.96 bits per heavy atom. The van der Waals surface area contributed by atoms with Gasteiger partial charge in [-0.05, 0) is 31.5 Å². The summed E-state index contributed by atoms with van der Waals surface area (Å²) < 4.78 is 33.8. The highest BCUT2D eigenvalue weighted by Crippen LogP contribution is 2.38. The van der Waals surface area contributed by atoms with E-state index in [-0.39, 0.29) is 22.4 Å². The van der Waals surface area contributed by atoms with Gasteiger partial charge in [-0.1, -0.05) is 29.3 Å². The van der Waals surface area contributed by atoms with Gasteiger partial charge in [0.25, 0.3) is 10.0 Å². The van der Waals surface area contributed by atoms with Crippen molar-refractivity contribution >= 4 is 38.9 Å². The van der Waals surface area contributed by atoms with E-state index in [2.05, 4.69) is 4.72 Å². The molecule has 1 aliphatic rings. The number of sulfonamides is 1. The Kier molecular flexibility index (Phi) is 4.86. The molecule has 1 aliphatic heterocycles. The molecular weight excluding hydrogens is 376 g/mol. The number of benzene rings is 2. The Labute approximate surface area is 157 Å². The number of nitrogens with one attached hydrogen (secondary N) is 1. The van der Waals surface area contributed by atoms with Gasteiger partial charge in [0, 0.05) is 13.0 Å². The Hall–Kier alpha value is -2.25. The van der Waals surface area contributed by atoms with Crippen molar-refractivity contribution < 1.29 is 17.9 Å². The number of rotatable bonds is 3. The van der Waals surface area contributed by atoms with Crippen LogP contribution in [0.15, 0.2) is 35.2 Å². The summed E-state index contributed by atoms with van der Waals surface area (Å²) in [5.74, 6) is 0.159. The topological polar surface area (TPSA) is 75.7 Å². The highest BCUT2D eigenvalue weighted by Gasteiger charge is 2.27. The second-order valence-electron chi connectivity index (χ2n) is 6.19. The molecule has 0 saturated heterocycles. The van der Waals surface area contributed by atoms with Crippen LogP contribution in [0.25, 0.3) is 0 Å². The predicted molar refractivity (Wildman–Crippen MR) is 102 cm³/mol. The number of amides is 1. The predicted octanol–water partition coefficient (Wildman–Crippen LogP) is 3.50. The number of carbonyl (C=O) groups is 1. The molecule has 138 valence electrons. The van der Waals surface area contributed by atoms with Gasteiger partial charge < -0.3 is 9.64 Å². The lowest BCUT2D eigenvalue weighted by atomic mass is 10.1. The zero-order valence-electron chi connectivity index (χ0n) is 14.7. The largest absolute Gasteiger partial charge is 0.489 e. The molecule has 0 bridgehead atoms. The number of ether oxygens (including phenoxy) is 1. The molecule has 2 aromatic carbocycles. The van der Waals surface area contributed by atoms with Crippen molar-refractivity contribution in [3.8, 4) is 5.75 Å². The monoisotopic (exact) mass is 394 g/mol. The first-order valence-corrected chi connectivity index (χ1v) is 9.89. The molecule has 6 nitrogen and oxygen atoms in total. The second kappa shape index (κ2) is 6.81. The van der Waals surface area contributed by atoms with E-state index in [1.807, 2.05) is 26.0 Å². The van der Waals surface area contributed by atoms with E-state index in [4.69, 9.17) is 16.3 Å².